The number of hydrogen-bond acceptors (Lipinski definition) is 6. The van der Waals surface area contributed by atoms with Crippen LogP contribution < -0.4 is 9.80 Å². The van der Waals surface area contributed by atoms with Crippen LogP contribution in [0.2, 0.25) is 0 Å². The van der Waals surface area contributed by atoms with Gasteiger partial charge in [-0.1, -0.05) is 156 Å². The summed E-state index contributed by atoms with van der Waals surface area (Å²) in [6.07, 6.45) is 31.2. The van der Waals surface area contributed by atoms with Crippen molar-refractivity contribution in [3.8, 4) is 0 Å². The minimum Gasteiger partial charge on any atom is -0.308 e. The van der Waals surface area contributed by atoms with Crippen LogP contribution in [0, 0.1) is 11.8 Å². The fourth-order valence-electron chi connectivity index (χ4n) is 10.6. The van der Waals surface area contributed by atoms with Crippen molar-refractivity contribution in [2.45, 2.75) is 182 Å². The standard InChI is InChI=1S/C56H74N2O2S4/c1-5-7-9-11-13-15-16-18-20-22-26-40(4)28-24-32-58-46-36-44-50(64-48-30-34-62-54(44)48)38-42(46)52(56(58)60)51-41-37-49-43(53-47(63-49)29-33-61-53)35-45(41)57(55(51)59)31-23-27-39(3)25-21-19-17-14-12-10-8-6-2/h29-30,33-40H,5-28,31-32H2,1-4H3/b52-51+. The van der Waals surface area contributed by atoms with Gasteiger partial charge in [-0.05, 0) is 84.7 Å². The molecule has 2 aliphatic heterocycles. The molecule has 0 N–H and O–H groups in total. The molecule has 0 saturated carbocycles. The van der Waals surface area contributed by atoms with Gasteiger partial charge in [0.2, 0.25) is 0 Å². The van der Waals surface area contributed by atoms with E-state index >= 15 is 9.59 Å². The third-order valence-corrected chi connectivity index (χ3v) is 18.8. The highest BCUT2D eigenvalue weighted by molar-refractivity contribution is 7.32. The number of benzene rings is 2. The molecular formula is C56H74N2O2S4. The molecule has 2 aromatic carbocycles. The van der Waals surface area contributed by atoms with Crippen molar-refractivity contribution in [1.82, 2.24) is 0 Å². The third kappa shape index (κ3) is 10.9. The van der Waals surface area contributed by atoms with E-state index in [1.54, 1.807) is 45.3 Å². The van der Waals surface area contributed by atoms with Gasteiger partial charge in [-0.25, -0.2) is 0 Å². The molecule has 2 unspecified atom stereocenters. The zero-order chi connectivity index (χ0) is 44.4. The summed E-state index contributed by atoms with van der Waals surface area (Å²) in [5.74, 6) is 1.27. The molecule has 0 fully saturated rings. The molecule has 4 aromatic heterocycles. The highest BCUT2D eigenvalue weighted by Crippen LogP contribution is 2.52. The number of carbonyl (C=O) groups is 2. The van der Waals surface area contributed by atoms with E-state index < -0.39 is 0 Å². The van der Waals surface area contributed by atoms with Crippen LogP contribution in [0.5, 0.6) is 0 Å². The molecule has 0 saturated heterocycles. The van der Waals surface area contributed by atoms with Crippen molar-refractivity contribution in [3.05, 3.63) is 58.3 Å². The summed E-state index contributed by atoms with van der Waals surface area (Å²) in [7, 11) is 0. The van der Waals surface area contributed by atoms with Crippen molar-refractivity contribution >= 4 is 119 Å². The van der Waals surface area contributed by atoms with Crippen molar-refractivity contribution in [3.63, 3.8) is 0 Å². The summed E-state index contributed by atoms with van der Waals surface area (Å²) in [6, 6.07) is 13.5. The first-order valence-corrected chi connectivity index (χ1v) is 29.0. The van der Waals surface area contributed by atoms with E-state index in [1.807, 2.05) is 9.80 Å². The van der Waals surface area contributed by atoms with Crippen molar-refractivity contribution in [2.75, 3.05) is 22.9 Å². The number of anilines is 2. The smallest absolute Gasteiger partial charge is 0.259 e. The highest BCUT2D eigenvalue weighted by Gasteiger charge is 2.43. The minimum absolute atomic E-state index is 0.000167. The Morgan fingerprint density at radius 1 is 0.453 bits per heavy atom. The molecule has 0 bridgehead atoms. The molecule has 0 spiro atoms. The lowest BCUT2D eigenvalue weighted by molar-refractivity contribution is -0.114. The number of nitrogens with zero attached hydrogens (tertiary/aromatic N) is 2. The Kier molecular flexibility index (Phi) is 17.1. The van der Waals surface area contributed by atoms with Gasteiger partial charge in [0, 0.05) is 53.8 Å². The second kappa shape index (κ2) is 23.1. The lowest BCUT2D eigenvalue weighted by Gasteiger charge is -2.19. The van der Waals surface area contributed by atoms with Gasteiger partial charge in [-0.2, -0.15) is 0 Å². The van der Waals surface area contributed by atoms with E-state index in [2.05, 4.69) is 74.9 Å². The van der Waals surface area contributed by atoms with Gasteiger partial charge >= 0.3 is 0 Å². The zero-order valence-electron chi connectivity index (χ0n) is 39.5. The summed E-state index contributed by atoms with van der Waals surface area (Å²) in [5.41, 5.74) is 5.06. The van der Waals surface area contributed by atoms with Gasteiger partial charge in [-0.3, -0.25) is 9.59 Å². The van der Waals surface area contributed by atoms with Crippen LogP contribution in [-0.4, -0.2) is 24.9 Å². The van der Waals surface area contributed by atoms with Crippen LogP contribution in [0.3, 0.4) is 0 Å². The summed E-state index contributed by atoms with van der Waals surface area (Å²) in [4.78, 5) is 34.4. The van der Waals surface area contributed by atoms with Crippen molar-refractivity contribution < 1.29 is 9.59 Å². The number of hydrogen-bond donors (Lipinski definition) is 0. The van der Waals surface area contributed by atoms with Gasteiger partial charge in [-0.15, -0.1) is 45.3 Å². The highest BCUT2D eigenvalue weighted by atomic mass is 32.1. The van der Waals surface area contributed by atoms with Crippen molar-refractivity contribution in [2.24, 2.45) is 11.8 Å². The average molecular weight is 935 g/mol. The number of carbonyl (C=O) groups excluding carboxylic acids is 2. The molecule has 4 nitrogen and oxygen atoms in total. The molecule has 344 valence electrons. The quantitative estimate of drug-likeness (QED) is 0.0363. The fraction of sp³-hybridized carbons (Fsp3) is 0.571. The van der Waals surface area contributed by atoms with E-state index in [9.17, 15) is 0 Å². The fourth-order valence-corrected chi connectivity index (χ4v) is 15.2. The maximum atomic E-state index is 15.2. The van der Waals surface area contributed by atoms with E-state index in [0.29, 0.717) is 36.1 Å². The molecule has 2 amide bonds. The Morgan fingerprint density at radius 2 is 0.812 bits per heavy atom. The van der Waals surface area contributed by atoms with E-state index in [0.717, 1.165) is 48.2 Å². The van der Waals surface area contributed by atoms with Crippen LogP contribution in [0.4, 0.5) is 11.4 Å². The first-order valence-electron chi connectivity index (χ1n) is 25.6. The molecular weight excluding hydrogens is 861 g/mol. The van der Waals surface area contributed by atoms with Crippen LogP contribution in [-0.2, 0) is 9.59 Å². The number of unbranched alkanes of at least 4 members (excludes halogenated alkanes) is 16. The topological polar surface area (TPSA) is 40.6 Å². The molecule has 2 aliphatic rings. The van der Waals surface area contributed by atoms with Crippen molar-refractivity contribution in [1.29, 1.82) is 0 Å². The normalized spacial score (nSPS) is 16.2. The largest absolute Gasteiger partial charge is 0.308 e. The number of thiophene rings is 4. The SMILES string of the molecule is CCCCCCCCCCCCC(C)CCCN1C(=O)/C(=C2/C(=O)N(CCCC(C)CCCCCCCCCC)c3cc4c(cc32)sc2ccsc24)c2cc3sc4ccsc4c3cc21. The first-order chi connectivity index (χ1) is 31.4. The van der Waals surface area contributed by atoms with Gasteiger partial charge in [0.25, 0.3) is 11.8 Å². The maximum absolute atomic E-state index is 15.2. The summed E-state index contributed by atoms with van der Waals surface area (Å²) < 4.78 is 7.57. The van der Waals surface area contributed by atoms with E-state index in [4.69, 9.17) is 0 Å². The third-order valence-electron chi connectivity index (χ3n) is 14.4. The molecule has 64 heavy (non-hydrogen) atoms. The van der Waals surface area contributed by atoms with Crippen LogP contribution in [0.25, 0.3) is 50.1 Å². The Morgan fingerprint density at radius 3 is 1.20 bits per heavy atom. The number of rotatable bonds is 28. The lowest BCUT2D eigenvalue weighted by Crippen LogP contribution is -2.30. The zero-order valence-corrected chi connectivity index (χ0v) is 42.8. The second-order valence-electron chi connectivity index (χ2n) is 19.6. The molecule has 6 aromatic rings. The first kappa shape index (κ1) is 47.5. The summed E-state index contributed by atoms with van der Waals surface area (Å²) >= 11 is 7.18. The van der Waals surface area contributed by atoms with Gasteiger partial charge in [0.1, 0.15) is 0 Å². The molecule has 6 heterocycles. The Labute approximate surface area is 400 Å². The number of fused-ring (bicyclic) bond motifs is 8. The van der Waals surface area contributed by atoms with Gasteiger partial charge < -0.3 is 9.80 Å². The predicted octanol–water partition coefficient (Wildman–Crippen LogP) is 18.8. The van der Waals surface area contributed by atoms with Crippen LogP contribution in [0.1, 0.15) is 193 Å². The summed E-state index contributed by atoms with van der Waals surface area (Å²) in [5, 5.41) is 6.81. The minimum atomic E-state index is -0.000622. The molecule has 2 atom stereocenters. The molecule has 8 rings (SSSR count). The van der Waals surface area contributed by atoms with Gasteiger partial charge in [0.15, 0.2) is 0 Å². The molecule has 8 heteroatoms. The molecule has 0 radical (unpaired) electrons. The average Bonchev–Trinajstić information content (AvgIpc) is 4.14. The Bertz CT molecular complexity index is 2510. The van der Waals surface area contributed by atoms with E-state index in [-0.39, 0.29) is 11.8 Å². The number of amides is 2. The van der Waals surface area contributed by atoms with Gasteiger partial charge in [0.05, 0.1) is 31.9 Å². The summed E-state index contributed by atoms with van der Waals surface area (Å²) in [6.45, 7) is 10.7. The maximum Gasteiger partial charge on any atom is 0.259 e. The Balaban J connectivity index is 0.997. The predicted molar refractivity (Wildman–Crippen MR) is 286 cm³/mol. The van der Waals surface area contributed by atoms with E-state index in [1.165, 1.54) is 167 Å². The monoisotopic (exact) mass is 934 g/mol. The second-order valence-corrected chi connectivity index (χ2v) is 23.6. The van der Waals surface area contributed by atoms with Crippen LogP contribution in [0.15, 0.2) is 47.2 Å². The Hall–Kier alpha value is -3.04. The lowest BCUT2D eigenvalue weighted by atomic mass is 9.95. The van der Waals surface area contributed by atoms with Crippen LogP contribution >= 0.6 is 45.3 Å². The molecule has 0 aliphatic carbocycles.